The van der Waals surface area contributed by atoms with Crippen LogP contribution in [0.3, 0.4) is 0 Å². The summed E-state index contributed by atoms with van der Waals surface area (Å²) in [6, 6.07) is 6.08. The lowest BCUT2D eigenvalue weighted by molar-refractivity contribution is -0.384. The Balaban J connectivity index is 3.00. The Bertz CT molecular complexity index is 392. The molecule has 0 amide bonds. The van der Waals surface area contributed by atoms with Crippen molar-refractivity contribution in [1.29, 1.82) is 0 Å². The zero-order valence-corrected chi connectivity index (χ0v) is 9.73. The molecule has 0 aromatic heterocycles. The molecule has 0 aliphatic heterocycles. The molecular formula is C10H10BrNO3. The number of hydrogen-bond acceptors (Lipinski definition) is 3. The van der Waals surface area contributed by atoms with Crippen LogP contribution in [0.1, 0.15) is 23.7 Å². The first-order valence-corrected chi connectivity index (χ1v) is 5.39. The zero-order chi connectivity index (χ0) is 11.4. The van der Waals surface area contributed by atoms with Gasteiger partial charge < -0.3 is 0 Å². The molecule has 1 aromatic carbocycles. The van der Waals surface area contributed by atoms with Gasteiger partial charge in [-0.2, -0.15) is 0 Å². The van der Waals surface area contributed by atoms with E-state index in [1.165, 1.54) is 12.1 Å². The number of benzene rings is 1. The van der Waals surface area contributed by atoms with Gasteiger partial charge in [0.15, 0.2) is 5.78 Å². The van der Waals surface area contributed by atoms with Crippen LogP contribution in [0.25, 0.3) is 0 Å². The van der Waals surface area contributed by atoms with Crippen molar-refractivity contribution in [2.75, 3.05) is 0 Å². The van der Waals surface area contributed by atoms with Crippen LogP contribution in [0.2, 0.25) is 0 Å². The topological polar surface area (TPSA) is 60.2 Å². The van der Waals surface area contributed by atoms with Gasteiger partial charge in [-0.1, -0.05) is 35.0 Å². The molecule has 0 fully saturated rings. The second-order valence-electron chi connectivity index (χ2n) is 3.03. The van der Waals surface area contributed by atoms with E-state index in [0.717, 1.165) is 0 Å². The third-order valence-electron chi connectivity index (χ3n) is 2.00. The second-order valence-corrected chi connectivity index (χ2v) is 3.95. The summed E-state index contributed by atoms with van der Waals surface area (Å²) in [5, 5.41) is 10.5. The number of halogens is 1. The quantitative estimate of drug-likeness (QED) is 0.481. The van der Waals surface area contributed by atoms with Gasteiger partial charge >= 0.3 is 0 Å². The van der Waals surface area contributed by atoms with E-state index in [-0.39, 0.29) is 11.5 Å². The number of Topliss-reactive ketones (excluding diaryl/α,β-unsaturated/α-hetero) is 1. The number of nitrogens with zero attached hydrogens (tertiary/aromatic N) is 1. The average molecular weight is 272 g/mol. The van der Waals surface area contributed by atoms with Crippen LogP contribution in [0.5, 0.6) is 0 Å². The van der Waals surface area contributed by atoms with Crippen LogP contribution in [-0.4, -0.2) is 10.7 Å². The molecule has 0 spiro atoms. The molecule has 0 bridgehead atoms. The SMILES string of the molecule is CCC(=O)C(Br)c1cccc([N+](=O)[O-])c1. The van der Waals surface area contributed by atoms with Crippen molar-refractivity contribution in [3.8, 4) is 0 Å². The Labute approximate surface area is 95.6 Å². The standard InChI is InChI=1S/C10H10BrNO3/c1-2-9(13)10(11)7-4-3-5-8(6-7)12(14)15/h3-6,10H,2H2,1H3. The van der Waals surface area contributed by atoms with Crippen molar-refractivity contribution in [3.63, 3.8) is 0 Å². The lowest BCUT2D eigenvalue weighted by Gasteiger charge is -2.06. The summed E-state index contributed by atoms with van der Waals surface area (Å²) < 4.78 is 0. The maximum atomic E-state index is 11.4. The Morgan fingerprint density at radius 1 is 1.60 bits per heavy atom. The molecule has 1 aromatic rings. The van der Waals surface area contributed by atoms with E-state index in [9.17, 15) is 14.9 Å². The smallest absolute Gasteiger partial charge is 0.269 e. The maximum Gasteiger partial charge on any atom is 0.269 e. The summed E-state index contributed by atoms with van der Waals surface area (Å²) in [7, 11) is 0. The molecule has 0 saturated carbocycles. The van der Waals surface area contributed by atoms with Crippen molar-refractivity contribution in [1.82, 2.24) is 0 Å². The third kappa shape index (κ3) is 2.86. The number of carbonyl (C=O) groups is 1. The first-order chi connectivity index (χ1) is 7.06. The highest BCUT2D eigenvalue weighted by Crippen LogP contribution is 2.27. The summed E-state index contributed by atoms with van der Waals surface area (Å²) in [6.07, 6.45) is 0.401. The summed E-state index contributed by atoms with van der Waals surface area (Å²) >= 11 is 3.22. The Hall–Kier alpha value is -1.23. The molecule has 0 N–H and O–H groups in total. The second kappa shape index (κ2) is 5.02. The minimum atomic E-state index is -0.473. The molecule has 80 valence electrons. The number of nitro groups is 1. The van der Waals surface area contributed by atoms with E-state index in [1.54, 1.807) is 19.1 Å². The van der Waals surface area contributed by atoms with E-state index in [2.05, 4.69) is 15.9 Å². The van der Waals surface area contributed by atoms with Gasteiger partial charge in [0.05, 0.1) is 9.75 Å². The predicted octanol–water partition coefficient (Wildman–Crippen LogP) is 3.01. The van der Waals surface area contributed by atoms with Crippen molar-refractivity contribution >= 4 is 27.4 Å². The summed E-state index contributed by atoms with van der Waals surface area (Å²) in [5.74, 6) is 0.00972. The fourth-order valence-electron chi connectivity index (χ4n) is 1.16. The van der Waals surface area contributed by atoms with E-state index < -0.39 is 9.75 Å². The molecule has 5 heteroatoms. The van der Waals surface area contributed by atoms with Gasteiger partial charge in [-0.05, 0) is 5.56 Å². The Kier molecular flexibility index (Phi) is 3.96. The summed E-state index contributed by atoms with van der Waals surface area (Å²) in [5.41, 5.74) is 0.622. The normalized spacial score (nSPS) is 12.1. The predicted molar refractivity (Wildman–Crippen MR) is 60.1 cm³/mol. The molecule has 0 heterocycles. The van der Waals surface area contributed by atoms with Gasteiger partial charge in [-0.3, -0.25) is 14.9 Å². The molecule has 15 heavy (non-hydrogen) atoms. The molecular weight excluding hydrogens is 262 g/mol. The monoisotopic (exact) mass is 271 g/mol. The van der Waals surface area contributed by atoms with Crippen LogP contribution in [0.4, 0.5) is 5.69 Å². The Morgan fingerprint density at radius 3 is 2.80 bits per heavy atom. The molecule has 0 radical (unpaired) electrons. The van der Waals surface area contributed by atoms with Crippen LogP contribution in [0, 0.1) is 10.1 Å². The van der Waals surface area contributed by atoms with Crippen LogP contribution < -0.4 is 0 Å². The van der Waals surface area contributed by atoms with Crippen molar-refractivity contribution in [3.05, 3.63) is 39.9 Å². The fourth-order valence-corrected chi connectivity index (χ4v) is 1.77. The van der Waals surface area contributed by atoms with Gasteiger partial charge in [-0.25, -0.2) is 0 Å². The van der Waals surface area contributed by atoms with E-state index in [1.807, 2.05) is 0 Å². The molecule has 0 aliphatic carbocycles. The lowest BCUT2D eigenvalue weighted by atomic mass is 10.1. The lowest BCUT2D eigenvalue weighted by Crippen LogP contribution is -2.04. The average Bonchev–Trinajstić information content (AvgIpc) is 2.27. The number of carbonyl (C=O) groups excluding carboxylic acids is 1. The van der Waals surface area contributed by atoms with Gasteiger partial charge in [0.25, 0.3) is 5.69 Å². The molecule has 4 nitrogen and oxygen atoms in total. The maximum absolute atomic E-state index is 11.4. The van der Waals surface area contributed by atoms with E-state index >= 15 is 0 Å². The first-order valence-electron chi connectivity index (χ1n) is 4.47. The number of ketones is 1. The number of alkyl halides is 1. The molecule has 1 atom stereocenters. The van der Waals surface area contributed by atoms with Crippen molar-refractivity contribution < 1.29 is 9.72 Å². The van der Waals surface area contributed by atoms with Gasteiger partial charge in [0, 0.05) is 18.6 Å². The minimum absolute atomic E-state index is 0.000790. The largest absolute Gasteiger partial charge is 0.298 e. The number of hydrogen-bond donors (Lipinski definition) is 0. The van der Waals surface area contributed by atoms with Gasteiger partial charge in [-0.15, -0.1) is 0 Å². The van der Waals surface area contributed by atoms with E-state index in [4.69, 9.17) is 0 Å². The van der Waals surface area contributed by atoms with Gasteiger partial charge in [0.1, 0.15) is 0 Å². The minimum Gasteiger partial charge on any atom is -0.298 e. The molecule has 1 rings (SSSR count). The third-order valence-corrected chi connectivity index (χ3v) is 3.04. The number of nitro benzene ring substituents is 1. The van der Waals surface area contributed by atoms with Crippen LogP contribution in [0.15, 0.2) is 24.3 Å². The van der Waals surface area contributed by atoms with E-state index in [0.29, 0.717) is 12.0 Å². The molecule has 0 aliphatic rings. The highest BCUT2D eigenvalue weighted by atomic mass is 79.9. The van der Waals surface area contributed by atoms with Crippen molar-refractivity contribution in [2.45, 2.75) is 18.2 Å². The highest BCUT2D eigenvalue weighted by molar-refractivity contribution is 9.09. The van der Waals surface area contributed by atoms with Gasteiger partial charge in [0.2, 0.25) is 0 Å². The Morgan fingerprint density at radius 2 is 2.27 bits per heavy atom. The molecule has 0 saturated heterocycles. The highest BCUT2D eigenvalue weighted by Gasteiger charge is 2.17. The number of non-ortho nitro benzene ring substituents is 1. The fraction of sp³-hybridized carbons (Fsp3) is 0.300. The first kappa shape index (κ1) is 11.8. The summed E-state index contributed by atoms with van der Waals surface area (Å²) in [4.78, 5) is 21.0. The van der Waals surface area contributed by atoms with Crippen molar-refractivity contribution in [2.24, 2.45) is 0 Å². The van der Waals surface area contributed by atoms with Crippen LogP contribution in [-0.2, 0) is 4.79 Å². The number of rotatable bonds is 4. The summed E-state index contributed by atoms with van der Waals surface area (Å²) in [6.45, 7) is 1.76. The molecule has 1 unspecified atom stereocenters. The zero-order valence-electron chi connectivity index (χ0n) is 8.14. The van der Waals surface area contributed by atoms with Crippen LogP contribution >= 0.6 is 15.9 Å².